The third-order valence-corrected chi connectivity index (χ3v) is 11.2. The van der Waals surface area contributed by atoms with Gasteiger partial charge in [0.05, 0.1) is 27.6 Å². The average molecular weight is 660 g/mol. The molecule has 3 aromatic heterocycles. The van der Waals surface area contributed by atoms with E-state index in [9.17, 15) is 0 Å². The molecule has 3 heterocycles. The van der Waals surface area contributed by atoms with Gasteiger partial charge in [-0.05, 0) is 93.4 Å². The van der Waals surface area contributed by atoms with E-state index in [0.717, 1.165) is 22.4 Å². The van der Waals surface area contributed by atoms with Crippen LogP contribution in [0.15, 0.2) is 176 Å². The van der Waals surface area contributed by atoms with E-state index in [2.05, 4.69) is 185 Å². The highest BCUT2D eigenvalue weighted by molar-refractivity contribution is 6.20. The summed E-state index contributed by atoms with van der Waals surface area (Å²) in [6.45, 7) is 0. The molecule has 3 heteroatoms. The minimum Gasteiger partial charge on any atom is -0.309 e. The smallest absolute Gasteiger partial charge is 0.138 e. The molecule has 0 fully saturated rings. The van der Waals surface area contributed by atoms with Gasteiger partial charge in [0.25, 0.3) is 0 Å². The zero-order valence-corrected chi connectivity index (χ0v) is 28.1. The van der Waals surface area contributed by atoms with Crippen LogP contribution in [0, 0.1) is 0 Å². The highest BCUT2D eigenvalue weighted by Gasteiger charge is 2.24. The lowest BCUT2D eigenvalue weighted by Gasteiger charge is -2.11. The Bertz CT molecular complexity index is 3290. The Morgan fingerprint density at radius 3 is 1.83 bits per heavy atom. The predicted molar refractivity (Wildman–Crippen MR) is 218 cm³/mol. The summed E-state index contributed by atoms with van der Waals surface area (Å²) in [6, 6.07) is 64.2. The van der Waals surface area contributed by atoms with E-state index < -0.39 is 0 Å². The van der Waals surface area contributed by atoms with Gasteiger partial charge in [0.15, 0.2) is 0 Å². The number of pyridine rings is 1. The second-order valence-electron chi connectivity index (χ2n) is 13.9. The van der Waals surface area contributed by atoms with E-state index in [4.69, 9.17) is 4.98 Å². The Balaban J connectivity index is 1.08. The summed E-state index contributed by atoms with van der Waals surface area (Å²) in [6.07, 6.45) is 0. The van der Waals surface area contributed by atoms with Crippen LogP contribution < -0.4 is 0 Å². The van der Waals surface area contributed by atoms with Gasteiger partial charge in [0.2, 0.25) is 0 Å². The molecule has 0 saturated carbocycles. The van der Waals surface area contributed by atoms with Crippen LogP contribution in [0.25, 0.3) is 110 Å². The van der Waals surface area contributed by atoms with Crippen molar-refractivity contribution in [1.29, 1.82) is 0 Å². The van der Waals surface area contributed by atoms with Gasteiger partial charge in [0.1, 0.15) is 5.82 Å². The van der Waals surface area contributed by atoms with Crippen LogP contribution in [-0.2, 0) is 0 Å². The first-order chi connectivity index (χ1) is 25.8. The van der Waals surface area contributed by atoms with E-state index in [1.165, 1.54) is 87.8 Å². The Kier molecular flexibility index (Phi) is 5.50. The number of hydrogen-bond donors (Lipinski definition) is 0. The first-order valence-corrected chi connectivity index (χ1v) is 17.9. The summed E-state index contributed by atoms with van der Waals surface area (Å²) in [5.74, 6) is 0.942. The SMILES string of the molecule is c1ccc(-n2c3ccc(-c4ccc5c(c4)c4ccccc4n5-c4cc5c6c(cccc6n4)-c4ccccc4-5)cc3c3ccc4ccccc4c32)cc1. The molecule has 0 N–H and O–H groups in total. The van der Waals surface area contributed by atoms with Crippen LogP contribution in [0.1, 0.15) is 0 Å². The maximum absolute atomic E-state index is 5.32. The van der Waals surface area contributed by atoms with Gasteiger partial charge < -0.3 is 4.57 Å². The number of fused-ring (bicyclic) bond motifs is 11. The zero-order valence-electron chi connectivity index (χ0n) is 28.1. The first kappa shape index (κ1) is 27.8. The molecule has 12 rings (SSSR count). The monoisotopic (exact) mass is 659 g/mol. The molecule has 3 nitrogen and oxygen atoms in total. The summed E-state index contributed by atoms with van der Waals surface area (Å²) in [4.78, 5) is 5.32. The van der Waals surface area contributed by atoms with E-state index in [1.54, 1.807) is 0 Å². The van der Waals surface area contributed by atoms with Crippen molar-refractivity contribution in [2.45, 2.75) is 0 Å². The highest BCUT2D eigenvalue weighted by atomic mass is 15.1. The summed E-state index contributed by atoms with van der Waals surface area (Å²) in [5.41, 5.74) is 14.4. The third kappa shape index (κ3) is 3.72. The summed E-state index contributed by atoms with van der Waals surface area (Å²) in [5, 5.41) is 8.71. The minimum absolute atomic E-state index is 0.942. The van der Waals surface area contributed by atoms with Gasteiger partial charge >= 0.3 is 0 Å². The number of rotatable bonds is 3. The molecule has 1 aliphatic carbocycles. The normalized spacial score (nSPS) is 12.2. The predicted octanol–water partition coefficient (Wildman–Crippen LogP) is 12.9. The van der Waals surface area contributed by atoms with Crippen LogP contribution in [0.5, 0.6) is 0 Å². The van der Waals surface area contributed by atoms with E-state index in [-0.39, 0.29) is 0 Å². The molecule has 0 bridgehead atoms. The first-order valence-electron chi connectivity index (χ1n) is 17.9. The van der Waals surface area contributed by atoms with Gasteiger partial charge in [0, 0.05) is 38.0 Å². The Morgan fingerprint density at radius 2 is 1.00 bits per heavy atom. The maximum Gasteiger partial charge on any atom is 0.138 e. The lowest BCUT2D eigenvalue weighted by atomic mass is 10.00. The molecule has 0 saturated heterocycles. The van der Waals surface area contributed by atoms with Crippen molar-refractivity contribution in [3.63, 3.8) is 0 Å². The topological polar surface area (TPSA) is 22.8 Å². The Labute approximate surface area is 299 Å². The molecule has 0 spiro atoms. The third-order valence-electron chi connectivity index (χ3n) is 11.2. The second-order valence-corrected chi connectivity index (χ2v) is 13.9. The molecule has 52 heavy (non-hydrogen) atoms. The molecular weight excluding hydrogens is 631 g/mol. The zero-order chi connectivity index (χ0) is 33.9. The van der Waals surface area contributed by atoms with Crippen LogP contribution in [0.2, 0.25) is 0 Å². The van der Waals surface area contributed by atoms with E-state index in [1.807, 2.05) is 0 Å². The van der Waals surface area contributed by atoms with E-state index >= 15 is 0 Å². The van der Waals surface area contributed by atoms with E-state index in [0.29, 0.717) is 0 Å². The number of benzene rings is 8. The fourth-order valence-corrected chi connectivity index (χ4v) is 8.98. The summed E-state index contributed by atoms with van der Waals surface area (Å²) < 4.78 is 4.77. The highest BCUT2D eigenvalue weighted by Crippen LogP contribution is 2.48. The van der Waals surface area contributed by atoms with Crippen molar-refractivity contribution in [2.24, 2.45) is 0 Å². The molecule has 240 valence electrons. The molecule has 0 amide bonds. The number of para-hydroxylation sites is 2. The maximum atomic E-state index is 5.32. The van der Waals surface area contributed by atoms with Gasteiger partial charge in [-0.15, -0.1) is 0 Å². The van der Waals surface area contributed by atoms with Crippen LogP contribution in [-0.4, -0.2) is 14.1 Å². The second kappa shape index (κ2) is 10.3. The Morgan fingerprint density at radius 1 is 0.365 bits per heavy atom. The number of hydrogen-bond acceptors (Lipinski definition) is 1. The Hall–Kier alpha value is -6.97. The minimum atomic E-state index is 0.942. The molecule has 11 aromatic rings. The molecular formula is C49H29N3. The lowest BCUT2D eigenvalue weighted by molar-refractivity contribution is 1.10. The largest absolute Gasteiger partial charge is 0.309 e. The van der Waals surface area contributed by atoms with Gasteiger partial charge in [-0.1, -0.05) is 121 Å². The molecule has 0 aliphatic heterocycles. The fraction of sp³-hybridized carbons (Fsp3) is 0. The van der Waals surface area contributed by atoms with Gasteiger partial charge in [-0.2, -0.15) is 0 Å². The molecule has 0 radical (unpaired) electrons. The molecule has 8 aromatic carbocycles. The van der Waals surface area contributed by atoms with Crippen LogP contribution in [0.4, 0.5) is 0 Å². The van der Waals surface area contributed by atoms with Crippen molar-refractivity contribution in [2.75, 3.05) is 0 Å². The van der Waals surface area contributed by atoms with Crippen molar-refractivity contribution >= 4 is 65.3 Å². The standard InChI is InChI=1S/C49H29N3/c1-2-12-33(13-3-1)51-45-25-22-32(28-41(45)39-24-21-30-11-4-5-14-34(30)49(39)51)31-23-26-46-40(27-31)37-17-8-9-20-44(37)52(46)47-29-42-36-16-7-6-15-35(36)38-18-10-19-43(50-47)48(38)42/h1-29H. The van der Waals surface area contributed by atoms with Crippen LogP contribution >= 0.6 is 0 Å². The average Bonchev–Trinajstić information content (AvgIpc) is 3.84. The lowest BCUT2D eigenvalue weighted by Crippen LogP contribution is -1.98. The molecule has 0 unspecified atom stereocenters. The van der Waals surface area contributed by atoms with Crippen molar-refractivity contribution in [1.82, 2.24) is 14.1 Å². The summed E-state index contributed by atoms with van der Waals surface area (Å²) in [7, 11) is 0. The van der Waals surface area contributed by atoms with Gasteiger partial charge in [-0.3, -0.25) is 4.57 Å². The quantitative estimate of drug-likeness (QED) is 0.185. The van der Waals surface area contributed by atoms with Crippen LogP contribution in [0.3, 0.4) is 0 Å². The summed E-state index contributed by atoms with van der Waals surface area (Å²) >= 11 is 0. The molecule has 1 aliphatic rings. The number of aromatic nitrogens is 3. The van der Waals surface area contributed by atoms with Crippen molar-refractivity contribution < 1.29 is 0 Å². The number of nitrogens with zero attached hydrogens (tertiary/aromatic N) is 3. The van der Waals surface area contributed by atoms with Crippen molar-refractivity contribution in [3.8, 4) is 44.9 Å². The molecule has 0 atom stereocenters. The fourth-order valence-electron chi connectivity index (χ4n) is 8.98. The van der Waals surface area contributed by atoms with Gasteiger partial charge in [-0.25, -0.2) is 4.98 Å². The van der Waals surface area contributed by atoms with Crippen molar-refractivity contribution in [3.05, 3.63) is 176 Å².